The Morgan fingerprint density at radius 1 is 0.725 bits per heavy atom. The van der Waals surface area contributed by atoms with Crippen molar-refractivity contribution in [1.82, 2.24) is 35.1 Å². The second-order valence-corrected chi connectivity index (χ2v) is 20.6. The largest absolute Gasteiger partial charge is 0.494 e. The molecule has 3 heterocycles. The van der Waals surface area contributed by atoms with Crippen LogP contribution in [0.25, 0.3) is 44.8 Å². The van der Waals surface area contributed by atoms with Crippen LogP contribution < -0.4 is 15.0 Å². The van der Waals surface area contributed by atoms with E-state index in [0.29, 0.717) is 44.8 Å². The molecule has 2 amide bonds. The van der Waals surface area contributed by atoms with Gasteiger partial charge in [0.2, 0.25) is 5.91 Å². The number of alkyl carbamates (subject to hydrolysis) is 1. The minimum Gasteiger partial charge on any atom is -0.494 e. The minimum absolute atomic E-state index is 0.0517. The molecule has 1 saturated heterocycles. The van der Waals surface area contributed by atoms with Gasteiger partial charge in [0.25, 0.3) is 0 Å². The van der Waals surface area contributed by atoms with E-state index in [0.717, 1.165) is 82.1 Å². The first kappa shape index (κ1) is 48.9. The van der Waals surface area contributed by atoms with E-state index in [1.165, 1.54) is 5.69 Å². The number of carbonyl (C=O) groups excluding carboxylic acids is 2. The molecule has 3 N–H and O–H groups in total. The van der Waals surface area contributed by atoms with Crippen LogP contribution in [0.3, 0.4) is 0 Å². The monoisotopic (exact) mass is 954 g/mol. The van der Waals surface area contributed by atoms with Crippen molar-refractivity contribution in [2.24, 2.45) is 0 Å². The number of nitrogens with one attached hydrogen (secondary N) is 3. The van der Waals surface area contributed by atoms with Gasteiger partial charge in [-0.05, 0) is 112 Å². The number of nitrogens with zero attached hydrogens (tertiary/aromatic N) is 5. The number of imidazole rings is 2. The van der Waals surface area contributed by atoms with Crippen LogP contribution >= 0.6 is 7.60 Å². The Bertz CT molecular complexity index is 2780. The Hall–Kier alpha value is -6.51. The van der Waals surface area contributed by atoms with Crippen LogP contribution in [-0.4, -0.2) is 113 Å². The zero-order valence-corrected chi connectivity index (χ0v) is 40.9. The number of benzene rings is 5. The minimum atomic E-state index is -3.70. The molecule has 1 fully saturated rings. The van der Waals surface area contributed by atoms with E-state index < -0.39 is 19.3 Å². The quantitative estimate of drug-likeness (QED) is 0.0463. The van der Waals surface area contributed by atoms with Crippen LogP contribution in [0.4, 0.5) is 10.5 Å². The van der Waals surface area contributed by atoms with E-state index in [1.54, 1.807) is 25.7 Å². The summed E-state index contributed by atoms with van der Waals surface area (Å²) in [5.41, 5.74) is 7.83. The van der Waals surface area contributed by atoms with Gasteiger partial charge < -0.3 is 48.5 Å². The van der Waals surface area contributed by atoms with Crippen LogP contribution in [-0.2, 0) is 36.4 Å². The summed E-state index contributed by atoms with van der Waals surface area (Å²) >= 11 is 0. The molecule has 0 saturated carbocycles. The van der Waals surface area contributed by atoms with Gasteiger partial charge in [-0.2, -0.15) is 0 Å². The number of aromatic nitrogens is 4. The fourth-order valence-electron chi connectivity index (χ4n) is 8.02. The molecule has 362 valence electrons. The Balaban J connectivity index is 0.865. The van der Waals surface area contributed by atoms with Crippen LogP contribution in [0.1, 0.15) is 51.2 Å². The lowest BCUT2D eigenvalue weighted by atomic mass is 10.2. The maximum Gasteiger partial charge on any atom is 0.407 e. The number of amides is 2. The maximum absolute atomic E-state index is 14.2. The van der Waals surface area contributed by atoms with Crippen molar-refractivity contribution < 1.29 is 32.7 Å². The normalized spacial score (nSPS) is 13.5. The van der Waals surface area contributed by atoms with Crippen LogP contribution in [0.2, 0.25) is 0 Å². The Morgan fingerprint density at radius 3 is 1.94 bits per heavy atom. The van der Waals surface area contributed by atoms with Crippen molar-refractivity contribution in [2.75, 3.05) is 70.5 Å². The molecule has 16 heteroatoms. The van der Waals surface area contributed by atoms with Crippen molar-refractivity contribution in [3.05, 3.63) is 132 Å². The number of fused-ring (bicyclic) bond motifs is 2. The van der Waals surface area contributed by atoms with E-state index in [1.807, 2.05) is 91.0 Å². The average Bonchev–Trinajstić information content (AvgIpc) is 3.99. The molecule has 0 spiro atoms. The number of aromatic amines is 2. The molecule has 0 aliphatic carbocycles. The number of hydrogen-bond donors (Lipinski definition) is 3. The number of piperazine rings is 1. The maximum atomic E-state index is 14.2. The average molecular weight is 955 g/mol. The van der Waals surface area contributed by atoms with E-state index in [-0.39, 0.29) is 31.7 Å². The van der Waals surface area contributed by atoms with Gasteiger partial charge in [0.1, 0.15) is 23.0 Å². The highest BCUT2D eigenvalue weighted by atomic mass is 31.2. The summed E-state index contributed by atoms with van der Waals surface area (Å²) in [6, 6.07) is 39.2. The van der Waals surface area contributed by atoms with Gasteiger partial charge >= 0.3 is 13.7 Å². The number of rotatable bonds is 21. The lowest BCUT2D eigenvalue weighted by Crippen LogP contribution is -2.44. The van der Waals surface area contributed by atoms with Gasteiger partial charge in [0.05, 0.1) is 48.0 Å². The Morgan fingerprint density at radius 2 is 1.30 bits per heavy atom. The van der Waals surface area contributed by atoms with Crippen LogP contribution in [0, 0.1) is 0 Å². The molecular formula is C53H63N8O7P. The highest BCUT2D eigenvalue weighted by Gasteiger charge is 2.28. The van der Waals surface area contributed by atoms with Crippen LogP contribution in [0.5, 0.6) is 5.75 Å². The number of carbonyl (C=O) groups is 2. The van der Waals surface area contributed by atoms with Crippen molar-refractivity contribution in [3.8, 4) is 28.5 Å². The summed E-state index contributed by atoms with van der Waals surface area (Å²) in [6.07, 6.45) is 0.363. The highest BCUT2D eigenvalue weighted by molar-refractivity contribution is 7.53. The lowest BCUT2D eigenvalue weighted by molar-refractivity contribution is -0.131. The van der Waals surface area contributed by atoms with Gasteiger partial charge in [0, 0.05) is 69.0 Å². The van der Waals surface area contributed by atoms with Gasteiger partial charge in [-0.1, -0.05) is 60.7 Å². The predicted molar refractivity (Wildman–Crippen MR) is 271 cm³/mol. The molecular weight excluding hydrogens is 892 g/mol. The molecule has 69 heavy (non-hydrogen) atoms. The number of H-pyrrole nitrogens is 2. The third kappa shape index (κ3) is 14.0. The topological polar surface area (TPSA) is 167 Å². The third-order valence-electron chi connectivity index (χ3n) is 11.8. The summed E-state index contributed by atoms with van der Waals surface area (Å²) in [6.45, 7) is 11.1. The van der Waals surface area contributed by atoms with E-state index >= 15 is 0 Å². The molecule has 2 aromatic heterocycles. The molecule has 7 aromatic rings. The second-order valence-electron chi connectivity index (χ2n) is 18.4. The zero-order chi connectivity index (χ0) is 48.2. The molecule has 15 nitrogen and oxygen atoms in total. The Kier molecular flexibility index (Phi) is 16.1. The second kappa shape index (κ2) is 22.7. The summed E-state index contributed by atoms with van der Waals surface area (Å²) in [7, 11) is -1.54. The Labute approximate surface area is 404 Å². The van der Waals surface area contributed by atoms with Gasteiger partial charge in [-0.25, -0.2) is 14.8 Å². The summed E-state index contributed by atoms with van der Waals surface area (Å²) in [5, 5.41) is 2.77. The number of anilines is 1. The predicted octanol–water partition coefficient (Wildman–Crippen LogP) is 10.1. The van der Waals surface area contributed by atoms with Crippen molar-refractivity contribution in [2.45, 2.75) is 58.8 Å². The SMILES string of the molecule is CN1CCN(c2ccc3[nH]c(-c4ccc5[nH]c(-c6ccc(OCCCN(CCCNC(=O)OC(C)(C)C)C(=O)CCP(=O)(OCc7ccccc7)OCc7ccccc7)cc6)nc5c4)nc3c2)CC1. The molecule has 0 atom stereocenters. The van der Waals surface area contributed by atoms with E-state index in [4.69, 9.17) is 28.5 Å². The number of ether oxygens (including phenoxy) is 2. The first-order valence-electron chi connectivity index (χ1n) is 23.7. The van der Waals surface area contributed by atoms with Gasteiger partial charge in [0.15, 0.2) is 0 Å². The van der Waals surface area contributed by atoms with Gasteiger partial charge in [-0.15, -0.1) is 0 Å². The van der Waals surface area contributed by atoms with Crippen molar-refractivity contribution in [1.29, 1.82) is 0 Å². The van der Waals surface area contributed by atoms with Gasteiger partial charge in [-0.3, -0.25) is 9.36 Å². The summed E-state index contributed by atoms with van der Waals surface area (Å²) in [5.74, 6) is 2.03. The number of likely N-dealkylation sites (N-methyl/N-ethyl adjacent to an activating group) is 1. The highest BCUT2D eigenvalue weighted by Crippen LogP contribution is 2.50. The molecule has 0 radical (unpaired) electrons. The summed E-state index contributed by atoms with van der Waals surface area (Å²) in [4.78, 5) is 49.5. The fourth-order valence-corrected chi connectivity index (χ4v) is 9.51. The lowest BCUT2D eigenvalue weighted by Gasteiger charge is -2.34. The van der Waals surface area contributed by atoms with E-state index in [9.17, 15) is 14.2 Å². The van der Waals surface area contributed by atoms with E-state index in [2.05, 4.69) is 62.5 Å². The van der Waals surface area contributed by atoms with Crippen LogP contribution in [0.15, 0.2) is 121 Å². The third-order valence-corrected chi connectivity index (χ3v) is 13.6. The first-order valence-corrected chi connectivity index (χ1v) is 25.4. The molecule has 0 unspecified atom stereocenters. The molecule has 0 bridgehead atoms. The molecule has 1 aliphatic rings. The smallest absolute Gasteiger partial charge is 0.407 e. The standard InChI is InChI=1S/C53H63N8O7P/c1-53(2,3)68-52(63)54-26-11-27-61(49(62)25-34-69(64,66-37-39-13-7-5-8-14-39)67-38-40-15-9-6-10-16-40)28-12-33-65-44-21-17-41(18-22-44)50-55-45-23-19-42(35-47(45)57-50)51-56-46-24-20-43(36-48(46)58-51)60-31-29-59(4)30-32-60/h5-10,13-24,35-36H,11-12,25-34,37-38H2,1-4H3,(H,54,63)(H,55,57)(H,56,58). The molecule has 1 aliphatic heterocycles. The first-order chi connectivity index (χ1) is 33.3. The zero-order valence-electron chi connectivity index (χ0n) is 40.0. The van der Waals surface area contributed by atoms with Crippen molar-refractivity contribution in [3.63, 3.8) is 0 Å². The molecule has 5 aromatic carbocycles. The molecule has 8 rings (SSSR count). The summed E-state index contributed by atoms with van der Waals surface area (Å²) < 4.78 is 37.6. The fraction of sp³-hybridized carbons (Fsp3) is 0.358. The van der Waals surface area contributed by atoms with Crippen molar-refractivity contribution >= 4 is 47.4 Å². The number of hydrogen-bond acceptors (Lipinski definition) is 11.